The van der Waals surface area contributed by atoms with Gasteiger partial charge in [-0.05, 0) is 19.8 Å². The Morgan fingerprint density at radius 2 is 2.20 bits per heavy atom. The Morgan fingerprint density at radius 1 is 1.60 bits per heavy atom. The highest BCUT2D eigenvalue weighted by Gasteiger charge is 2.22. The highest BCUT2D eigenvalue weighted by molar-refractivity contribution is 7.80. The summed E-state index contributed by atoms with van der Waals surface area (Å²) in [5.41, 5.74) is 5.41. The lowest BCUT2D eigenvalue weighted by Gasteiger charge is -2.23. The van der Waals surface area contributed by atoms with Gasteiger partial charge in [-0.3, -0.25) is 4.79 Å². The minimum Gasteiger partial charge on any atom is -0.393 e. The maximum absolute atomic E-state index is 11.7. The monoisotopic (exact) mass is 230 g/mol. The van der Waals surface area contributed by atoms with E-state index in [0.29, 0.717) is 24.6 Å². The van der Waals surface area contributed by atoms with Crippen molar-refractivity contribution in [2.45, 2.75) is 32.2 Å². The molecule has 0 spiro atoms. The third-order valence-electron chi connectivity index (χ3n) is 2.49. The van der Waals surface area contributed by atoms with Gasteiger partial charge in [-0.15, -0.1) is 0 Å². The lowest BCUT2D eigenvalue weighted by Crippen LogP contribution is -2.40. The van der Waals surface area contributed by atoms with Gasteiger partial charge in [0.05, 0.1) is 4.99 Å². The summed E-state index contributed by atoms with van der Waals surface area (Å²) < 4.78 is 5.20. The van der Waals surface area contributed by atoms with Gasteiger partial charge in [-0.25, -0.2) is 0 Å². The molecule has 1 atom stereocenters. The number of amides is 1. The summed E-state index contributed by atoms with van der Waals surface area (Å²) in [6, 6.07) is 0.0258. The summed E-state index contributed by atoms with van der Waals surface area (Å²) in [5.74, 6) is 0.189. The van der Waals surface area contributed by atoms with Crippen LogP contribution >= 0.6 is 12.2 Å². The molecular formula is C10H18N2O2S. The summed E-state index contributed by atoms with van der Waals surface area (Å²) in [4.78, 5) is 12.2. The van der Waals surface area contributed by atoms with Gasteiger partial charge in [0.2, 0.25) is 5.91 Å². The molecule has 0 bridgehead atoms. The molecule has 1 saturated heterocycles. The van der Waals surface area contributed by atoms with Crippen LogP contribution in [0.4, 0.5) is 0 Å². The van der Waals surface area contributed by atoms with Crippen molar-refractivity contribution in [2.75, 3.05) is 13.2 Å². The molecule has 1 aliphatic rings. The number of thiocarbonyl (C=S) groups is 1. The maximum Gasteiger partial charge on any atom is 0.223 e. The van der Waals surface area contributed by atoms with E-state index < -0.39 is 0 Å². The van der Waals surface area contributed by atoms with Crippen molar-refractivity contribution in [1.82, 2.24) is 5.32 Å². The summed E-state index contributed by atoms with van der Waals surface area (Å²) in [5, 5.41) is 2.92. The first kappa shape index (κ1) is 12.4. The van der Waals surface area contributed by atoms with Crippen LogP contribution in [0.2, 0.25) is 0 Å². The zero-order valence-corrected chi connectivity index (χ0v) is 9.81. The van der Waals surface area contributed by atoms with Crippen LogP contribution in [0.5, 0.6) is 0 Å². The summed E-state index contributed by atoms with van der Waals surface area (Å²) in [6.07, 6.45) is 2.18. The van der Waals surface area contributed by atoms with Crippen LogP contribution in [0.1, 0.15) is 26.2 Å². The van der Waals surface area contributed by atoms with E-state index in [1.807, 2.05) is 6.92 Å². The second-order valence-electron chi connectivity index (χ2n) is 3.97. The number of ether oxygens (including phenoxy) is 1. The summed E-state index contributed by atoms with van der Waals surface area (Å²) in [7, 11) is 0. The van der Waals surface area contributed by atoms with E-state index in [0.717, 1.165) is 12.8 Å². The third kappa shape index (κ3) is 4.57. The van der Waals surface area contributed by atoms with Crippen molar-refractivity contribution in [2.24, 2.45) is 11.7 Å². The van der Waals surface area contributed by atoms with Gasteiger partial charge in [0.1, 0.15) is 0 Å². The Labute approximate surface area is 95.5 Å². The Kier molecular flexibility index (Phi) is 4.98. The molecule has 5 heteroatoms. The normalized spacial score (nSPS) is 19.5. The molecule has 3 N–H and O–H groups in total. The van der Waals surface area contributed by atoms with Gasteiger partial charge >= 0.3 is 0 Å². The van der Waals surface area contributed by atoms with Crippen molar-refractivity contribution in [1.29, 1.82) is 0 Å². The topological polar surface area (TPSA) is 64.3 Å². The molecule has 86 valence electrons. The Hall–Kier alpha value is -0.680. The van der Waals surface area contributed by atoms with E-state index in [-0.39, 0.29) is 17.9 Å². The van der Waals surface area contributed by atoms with E-state index >= 15 is 0 Å². The summed E-state index contributed by atoms with van der Waals surface area (Å²) >= 11 is 4.79. The average molecular weight is 230 g/mol. The number of hydrogen-bond donors (Lipinski definition) is 2. The van der Waals surface area contributed by atoms with Gasteiger partial charge in [0, 0.05) is 31.6 Å². The fraction of sp³-hybridized carbons (Fsp3) is 0.800. The number of nitrogens with two attached hydrogens (primary N) is 1. The molecular weight excluding hydrogens is 212 g/mol. The summed E-state index contributed by atoms with van der Waals surface area (Å²) in [6.45, 7) is 3.28. The molecule has 1 fully saturated rings. The fourth-order valence-electron chi connectivity index (χ4n) is 1.67. The zero-order valence-electron chi connectivity index (χ0n) is 8.99. The van der Waals surface area contributed by atoms with Crippen LogP contribution in [0.25, 0.3) is 0 Å². The second-order valence-corrected chi connectivity index (χ2v) is 4.49. The molecule has 0 aliphatic carbocycles. The van der Waals surface area contributed by atoms with Crippen LogP contribution < -0.4 is 11.1 Å². The maximum atomic E-state index is 11.7. The molecule has 0 aromatic carbocycles. The van der Waals surface area contributed by atoms with Crippen LogP contribution in [-0.4, -0.2) is 30.2 Å². The molecule has 15 heavy (non-hydrogen) atoms. The van der Waals surface area contributed by atoms with E-state index in [4.69, 9.17) is 22.7 Å². The van der Waals surface area contributed by atoms with Crippen molar-refractivity contribution in [3.05, 3.63) is 0 Å². The van der Waals surface area contributed by atoms with Crippen molar-refractivity contribution in [3.8, 4) is 0 Å². The van der Waals surface area contributed by atoms with Gasteiger partial charge in [-0.1, -0.05) is 12.2 Å². The first-order chi connectivity index (χ1) is 7.09. The van der Waals surface area contributed by atoms with Gasteiger partial charge < -0.3 is 15.8 Å². The molecule has 1 rings (SSSR count). The molecule has 0 aromatic heterocycles. The first-order valence-electron chi connectivity index (χ1n) is 5.26. The Morgan fingerprint density at radius 3 is 2.73 bits per heavy atom. The number of carbonyl (C=O) groups is 1. The van der Waals surface area contributed by atoms with Gasteiger partial charge in [0.25, 0.3) is 0 Å². The molecule has 4 nitrogen and oxygen atoms in total. The molecule has 1 aliphatic heterocycles. The molecule has 0 radical (unpaired) electrons. The lowest BCUT2D eigenvalue weighted by molar-refractivity contribution is -0.128. The van der Waals surface area contributed by atoms with Crippen LogP contribution in [0.15, 0.2) is 0 Å². The lowest BCUT2D eigenvalue weighted by atomic mass is 9.99. The predicted octanol–water partition coefficient (Wildman–Crippen LogP) is 0.594. The van der Waals surface area contributed by atoms with Crippen molar-refractivity contribution >= 4 is 23.1 Å². The third-order valence-corrected chi connectivity index (χ3v) is 2.65. The van der Waals surface area contributed by atoms with Gasteiger partial charge in [-0.2, -0.15) is 0 Å². The smallest absolute Gasteiger partial charge is 0.223 e. The van der Waals surface area contributed by atoms with Crippen molar-refractivity contribution in [3.63, 3.8) is 0 Å². The first-order valence-corrected chi connectivity index (χ1v) is 5.67. The van der Waals surface area contributed by atoms with Crippen molar-refractivity contribution < 1.29 is 9.53 Å². The van der Waals surface area contributed by atoms with E-state index in [9.17, 15) is 4.79 Å². The average Bonchev–Trinajstić information content (AvgIpc) is 2.17. The SMILES string of the molecule is CC(CC(N)=S)NC(=O)C1CCOCC1. The molecule has 0 saturated carbocycles. The quantitative estimate of drug-likeness (QED) is 0.694. The Balaban J connectivity index is 2.30. The van der Waals surface area contributed by atoms with Crippen LogP contribution in [0, 0.1) is 5.92 Å². The number of nitrogens with one attached hydrogen (secondary N) is 1. The highest BCUT2D eigenvalue weighted by atomic mass is 32.1. The number of rotatable bonds is 4. The highest BCUT2D eigenvalue weighted by Crippen LogP contribution is 2.14. The van der Waals surface area contributed by atoms with E-state index in [1.54, 1.807) is 0 Å². The largest absolute Gasteiger partial charge is 0.393 e. The molecule has 0 aromatic rings. The number of hydrogen-bond acceptors (Lipinski definition) is 3. The van der Waals surface area contributed by atoms with E-state index in [1.165, 1.54) is 0 Å². The Bertz CT molecular complexity index is 240. The number of carbonyl (C=O) groups excluding carboxylic acids is 1. The van der Waals surface area contributed by atoms with Crippen LogP contribution in [-0.2, 0) is 9.53 Å². The predicted molar refractivity (Wildman–Crippen MR) is 62.6 cm³/mol. The minimum atomic E-state index is 0.0258. The standard InChI is InChI=1S/C10H18N2O2S/c1-7(6-9(11)15)12-10(13)8-2-4-14-5-3-8/h7-8H,2-6H2,1H3,(H2,11,15)(H,12,13). The molecule has 1 unspecified atom stereocenters. The van der Waals surface area contributed by atoms with Crippen LogP contribution in [0.3, 0.4) is 0 Å². The zero-order chi connectivity index (χ0) is 11.3. The minimum absolute atomic E-state index is 0.0258. The molecule has 1 heterocycles. The van der Waals surface area contributed by atoms with Gasteiger partial charge in [0.15, 0.2) is 0 Å². The second kappa shape index (κ2) is 6.02. The molecule has 1 amide bonds. The van der Waals surface area contributed by atoms with E-state index in [2.05, 4.69) is 5.32 Å². The fourth-order valence-corrected chi connectivity index (χ4v) is 1.92.